The van der Waals surface area contributed by atoms with Crippen molar-refractivity contribution >= 4 is 17.6 Å². The maximum Gasteiger partial charge on any atom is 0.275 e. The molecular weight excluding hydrogens is 377 g/mol. The van der Waals surface area contributed by atoms with Gasteiger partial charge in [0.15, 0.2) is 23.1 Å². The van der Waals surface area contributed by atoms with Crippen LogP contribution in [-0.2, 0) is 11.3 Å². The van der Waals surface area contributed by atoms with Crippen molar-refractivity contribution in [2.24, 2.45) is 0 Å². The van der Waals surface area contributed by atoms with Crippen molar-refractivity contribution in [1.82, 2.24) is 20.1 Å². The number of amides is 2. The molecule has 1 atom stereocenters. The summed E-state index contributed by atoms with van der Waals surface area (Å²) in [4.78, 5) is 28.8. The number of nitrogens with one attached hydrogen (secondary N) is 2. The van der Waals surface area contributed by atoms with Crippen LogP contribution >= 0.6 is 0 Å². The minimum atomic E-state index is -1.03. The molecule has 0 unspecified atom stereocenters. The average Bonchev–Trinajstić information content (AvgIpc) is 2.97. The summed E-state index contributed by atoms with van der Waals surface area (Å²) >= 11 is 0. The van der Waals surface area contributed by atoms with E-state index in [-0.39, 0.29) is 19.0 Å². The van der Waals surface area contributed by atoms with E-state index >= 15 is 0 Å². The number of ether oxygens (including phenoxy) is 1. The van der Waals surface area contributed by atoms with Crippen LogP contribution in [0.4, 0.5) is 10.2 Å². The zero-order valence-electron chi connectivity index (χ0n) is 15.8. The molecule has 0 saturated heterocycles. The van der Waals surface area contributed by atoms with Gasteiger partial charge in [0.1, 0.15) is 12.6 Å². The molecule has 0 aliphatic carbocycles. The van der Waals surface area contributed by atoms with Crippen LogP contribution in [0.5, 0.6) is 5.75 Å². The molecule has 29 heavy (non-hydrogen) atoms. The number of aromatic nitrogens is 3. The van der Waals surface area contributed by atoms with Crippen LogP contribution < -0.4 is 15.4 Å². The topological polar surface area (TPSA) is 98.1 Å². The van der Waals surface area contributed by atoms with E-state index in [1.54, 1.807) is 24.3 Å². The van der Waals surface area contributed by atoms with Crippen LogP contribution in [0.25, 0.3) is 0 Å². The minimum absolute atomic E-state index is 0.120. The summed E-state index contributed by atoms with van der Waals surface area (Å²) in [6, 6.07) is 2.28. The van der Waals surface area contributed by atoms with Gasteiger partial charge in [-0.25, -0.2) is 9.37 Å². The normalized spacial score (nSPS) is 16.2. The highest BCUT2D eigenvalue weighted by Gasteiger charge is 2.29. The van der Waals surface area contributed by atoms with E-state index in [1.807, 2.05) is 19.1 Å². The van der Waals surface area contributed by atoms with Crippen LogP contribution in [0, 0.1) is 5.82 Å². The van der Waals surface area contributed by atoms with Gasteiger partial charge in [0.05, 0.1) is 12.7 Å². The molecule has 0 bridgehead atoms. The highest BCUT2D eigenvalue weighted by molar-refractivity contribution is 6.01. The Morgan fingerprint density at radius 2 is 2.34 bits per heavy atom. The summed E-state index contributed by atoms with van der Waals surface area (Å²) in [7, 11) is 0. The number of hydrogen-bond donors (Lipinski definition) is 2. The number of hydrogen-bond acceptors (Lipinski definition) is 5. The summed E-state index contributed by atoms with van der Waals surface area (Å²) in [5.41, 5.74) is 0.266. The zero-order chi connectivity index (χ0) is 20.8. The van der Waals surface area contributed by atoms with Crippen LogP contribution in [0.1, 0.15) is 17.4 Å². The van der Waals surface area contributed by atoms with E-state index < -0.39 is 29.4 Å². The Morgan fingerprint density at radius 1 is 1.52 bits per heavy atom. The van der Waals surface area contributed by atoms with Crippen LogP contribution in [-0.4, -0.2) is 39.2 Å². The van der Waals surface area contributed by atoms with Crippen molar-refractivity contribution in [2.45, 2.75) is 19.5 Å². The highest BCUT2D eigenvalue weighted by Crippen LogP contribution is 2.23. The number of fused-ring (bicyclic) bond motifs is 1. The Morgan fingerprint density at radius 3 is 3.14 bits per heavy atom. The van der Waals surface area contributed by atoms with Crippen LogP contribution in [0.3, 0.4) is 0 Å². The number of carbonyl (C=O) groups is 2. The lowest BCUT2D eigenvalue weighted by atomic mass is 10.2. The van der Waals surface area contributed by atoms with Crippen LogP contribution in [0.2, 0.25) is 0 Å². The number of rotatable bonds is 6. The standard InChI is InChI=1S/C20H20FN5O3/c1-3-4-5-7-13(2)10-26-11-14(21)17(25-26)20(28)23-15-12-29-16-8-6-9-22-18(16)24-19(15)27/h3-9,11,15H,2,10,12H2,1H3,(H,23,28)(H,22,24,27)/b4-3-,7-5-/t15-/m0/s1. The minimum Gasteiger partial charge on any atom is -0.487 e. The van der Waals surface area contributed by atoms with Gasteiger partial charge < -0.3 is 15.4 Å². The number of anilines is 1. The highest BCUT2D eigenvalue weighted by atomic mass is 19.1. The van der Waals surface area contributed by atoms with Crippen molar-refractivity contribution in [3.05, 3.63) is 72.5 Å². The second kappa shape index (κ2) is 8.96. The molecule has 9 heteroatoms. The van der Waals surface area contributed by atoms with Crippen molar-refractivity contribution in [2.75, 3.05) is 11.9 Å². The summed E-state index contributed by atoms with van der Waals surface area (Å²) in [5, 5.41) is 8.97. The first-order chi connectivity index (χ1) is 14.0. The van der Waals surface area contributed by atoms with E-state index in [0.29, 0.717) is 11.3 Å². The number of allylic oxidation sites excluding steroid dienone is 5. The molecule has 0 saturated carbocycles. The molecule has 1 aliphatic heterocycles. The Labute approximate surface area is 166 Å². The fourth-order valence-corrected chi connectivity index (χ4v) is 2.58. The van der Waals surface area contributed by atoms with E-state index in [2.05, 4.69) is 27.3 Å². The first-order valence-electron chi connectivity index (χ1n) is 8.87. The molecule has 2 aromatic heterocycles. The predicted octanol–water partition coefficient (Wildman–Crippen LogP) is 2.24. The SMILES string of the molecule is C=C(/C=C\C=C/C)Cn1cc(F)c(C(=O)N[C@H]2COc3cccnc3NC2=O)n1. The average molecular weight is 397 g/mol. The van der Waals surface area contributed by atoms with E-state index in [1.165, 1.54) is 10.9 Å². The number of nitrogens with zero attached hydrogens (tertiary/aromatic N) is 3. The summed E-state index contributed by atoms with van der Waals surface area (Å²) in [6.45, 7) is 5.84. The van der Waals surface area contributed by atoms with Gasteiger partial charge >= 0.3 is 0 Å². The Balaban J connectivity index is 1.66. The number of halogens is 1. The lowest BCUT2D eigenvalue weighted by molar-refractivity contribution is -0.118. The molecule has 0 radical (unpaired) electrons. The van der Waals surface area contributed by atoms with Gasteiger partial charge in [0.25, 0.3) is 11.8 Å². The van der Waals surface area contributed by atoms with E-state index in [4.69, 9.17) is 4.74 Å². The molecular formula is C20H20FN5O3. The first-order valence-corrected chi connectivity index (χ1v) is 8.87. The first kappa shape index (κ1) is 20.0. The molecule has 2 N–H and O–H groups in total. The third-order valence-electron chi connectivity index (χ3n) is 3.97. The van der Waals surface area contributed by atoms with Crippen molar-refractivity contribution in [3.63, 3.8) is 0 Å². The second-order valence-corrected chi connectivity index (χ2v) is 6.24. The van der Waals surface area contributed by atoms with Gasteiger partial charge in [0.2, 0.25) is 0 Å². The third-order valence-corrected chi connectivity index (χ3v) is 3.97. The van der Waals surface area contributed by atoms with Crippen molar-refractivity contribution in [3.8, 4) is 5.75 Å². The molecule has 3 rings (SSSR count). The van der Waals surface area contributed by atoms with Gasteiger partial charge in [-0.2, -0.15) is 5.10 Å². The van der Waals surface area contributed by atoms with Gasteiger partial charge in [0, 0.05) is 6.20 Å². The Kier molecular flexibility index (Phi) is 6.18. The molecule has 8 nitrogen and oxygen atoms in total. The zero-order valence-corrected chi connectivity index (χ0v) is 15.8. The summed E-state index contributed by atoms with van der Waals surface area (Å²) in [6.07, 6.45) is 9.87. The monoisotopic (exact) mass is 397 g/mol. The Hall–Kier alpha value is -3.75. The molecule has 3 heterocycles. The quantitative estimate of drug-likeness (QED) is 0.729. The second-order valence-electron chi connectivity index (χ2n) is 6.24. The van der Waals surface area contributed by atoms with Gasteiger partial charge in [-0.15, -0.1) is 0 Å². The molecule has 0 spiro atoms. The van der Waals surface area contributed by atoms with Crippen molar-refractivity contribution in [1.29, 1.82) is 0 Å². The third kappa shape index (κ3) is 4.95. The largest absolute Gasteiger partial charge is 0.487 e. The molecule has 2 amide bonds. The fourth-order valence-electron chi connectivity index (χ4n) is 2.58. The van der Waals surface area contributed by atoms with Crippen molar-refractivity contribution < 1.29 is 18.7 Å². The Bertz CT molecular complexity index is 996. The van der Waals surface area contributed by atoms with Gasteiger partial charge in [-0.05, 0) is 24.6 Å². The molecule has 0 fully saturated rings. The lowest BCUT2D eigenvalue weighted by Gasteiger charge is -2.13. The maximum atomic E-state index is 14.2. The van der Waals surface area contributed by atoms with Gasteiger partial charge in [-0.3, -0.25) is 14.3 Å². The number of carbonyl (C=O) groups excluding carboxylic acids is 2. The van der Waals surface area contributed by atoms with E-state index in [9.17, 15) is 14.0 Å². The van der Waals surface area contributed by atoms with Crippen LogP contribution in [0.15, 0.2) is 61.0 Å². The fraction of sp³-hybridized carbons (Fsp3) is 0.200. The molecule has 1 aliphatic rings. The number of pyridine rings is 1. The molecule has 150 valence electrons. The maximum absolute atomic E-state index is 14.2. The smallest absolute Gasteiger partial charge is 0.275 e. The lowest BCUT2D eigenvalue weighted by Crippen LogP contribution is -2.46. The summed E-state index contributed by atoms with van der Waals surface area (Å²) in [5.74, 6) is -1.49. The van der Waals surface area contributed by atoms with Gasteiger partial charge in [-0.1, -0.05) is 30.9 Å². The van der Waals surface area contributed by atoms with E-state index in [0.717, 1.165) is 6.20 Å². The molecule has 0 aromatic carbocycles. The molecule has 2 aromatic rings. The summed E-state index contributed by atoms with van der Waals surface area (Å²) < 4.78 is 21.0. The predicted molar refractivity (Wildman–Crippen MR) is 105 cm³/mol.